The van der Waals surface area contributed by atoms with Gasteiger partial charge in [0.15, 0.2) is 0 Å². The predicted octanol–water partition coefficient (Wildman–Crippen LogP) is 3.90. The van der Waals surface area contributed by atoms with Crippen LogP contribution < -0.4 is 11.1 Å². The molecule has 0 saturated carbocycles. The summed E-state index contributed by atoms with van der Waals surface area (Å²) in [6.45, 7) is 6.32. The zero-order valence-corrected chi connectivity index (χ0v) is 14.1. The lowest BCUT2D eigenvalue weighted by Crippen LogP contribution is -2.34. The van der Waals surface area contributed by atoms with Crippen molar-refractivity contribution in [3.63, 3.8) is 0 Å². The summed E-state index contributed by atoms with van der Waals surface area (Å²) in [5.74, 6) is 0.302. The van der Waals surface area contributed by atoms with E-state index in [1.807, 2.05) is 42.5 Å². The third-order valence-corrected chi connectivity index (χ3v) is 4.14. The first-order valence-corrected chi connectivity index (χ1v) is 8.14. The summed E-state index contributed by atoms with van der Waals surface area (Å²) >= 11 is 0. The molecule has 0 aliphatic carbocycles. The van der Waals surface area contributed by atoms with Gasteiger partial charge in [0.1, 0.15) is 0 Å². The Labute approximate surface area is 138 Å². The number of benzene rings is 2. The fraction of sp³-hybridized carbons (Fsp3) is 0.350. The Kier molecular flexibility index (Phi) is 5.94. The molecule has 2 aromatic carbocycles. The normalized spacial score (nSPS) is 13.6. The van der Waals surface area contributed by atoms with Crippen LogP contribution in [0.3, 0.4) is 0 Å². The first kappa shape index (κ1) is 17.2. The Morgan fingerprint density at radius 3 is 2.26 bits per heavy atom. The molecule has 0 saturated heterocycles. The van der Waals surface area contributed by atoms with Crippen LogP contribution in [0.25, 0.3) is 0 Å². The van der Waals surface area contributed by atoms with Crippen LogP contribution in [0.4, 0.5) is 0 Å². The zero-order valence-electron chi connectivity index (χ0n) is 14.1. The van der Waals surface area contributed by atoms with Gasteiger partial charge < -0.3 is 11.1 Å². The summed E-state index contributed by atoms with van der Waals surface area (Å²) < 4.78 is 0. The Morgan fingerprint density at radius 2 is 1.65 bits per heavy atom. The fourth-order valence-corrected chi connectivity index (χ4v) is 2.79. The van der Waals surface area contributed by atoms with E-state index in [-0.39, 0.29) is 18.0 Å². The minimum atomic E-state index is -0.277. The SMILES string of the molecule is Cc1ccccc1C(NC(=O)CC(N)c1ccccc1)C(C)C. The number of carbonyl (C=O) groups is 1. The maximum absolute atomic E-state index is 12.4. The number of amides is 1. The van der Waals surface area contributed by atoms with E-state index in [0.29, 0.717) is 12.3 Å². The smallest absolute Gasteiger partial charge is 0.222 e. The summed E-state index contributed by atoms with van der Waals surface area (Å²) in [6.07, 6.45) is 0.291. The first-order chi connectivity index (χ1) is 11.0. The largest absolute Gasteiger partial charge is 0.349 e. The van der Waals surface area contributed by atoms with Gasteiger partial charge in [0, 0.05) is 12.5 Å². The van der Waals surface area contributed by atoms with Gasteiger partial charge in [0.05, 0.1) is 6.04 Å². The highest BCUT2D eigenvalue weighted by atomic mass is 16.1. The molecule has 0 radical (unpaired) electrons. The van der Waals surface area contributed by atoms with Gasteiger partial charge in [-0.05, 0) is 29.5 Å². The van der Waals surface area contributed by atoms with E-state index in [9.17, 15) is 4.79 Å². The molecule has 2 atom stereocenters. The molecule has 0 aliphatic rings. The quantitative estimate of drug-likeness (QED) is 0.850. The molecule has 0 heterocycles. The molecule has 3 heteroatoms. The second kappa shape index (κ2) is 7.93. The Balaban J connectivity index is 2.06. The summed E-state index contributed by atoms with van der Waals surface area (Å²) in [6, 6.07) is 17.7. The van der Waals surface area contributed by atoms with Crippen molar-refractivity contribution in [2.45, 2.75) is 39.3 Å². The van der Waals surface area contributed by atoms with Crippen molar-refractivity contribution in [3.8, 4) is 0 Å². The van der Waals surface area contributed by atoms with E-state index in [4.69, 9.17) is 5.73 Å². The summed E-state index contributed by atoms with van der Waals surface area (Å²) in [5, 5.41) is 3.16. The number of carbonyl (C=O) groups excluding carboxylic acids is 1. The third-order valence-electron chi connectivity index (χ3n) is 4.14. The minimum Gasteiger partial charge on any atom is -0.349 e. The molecule has 3 N–H and O–H groups in total. The van der Waals surface area contributed by atoms with Crippen LogP contribution in [0.2, 0.25) is 0 Å². The van der Waals surface area contributed by atoms with E-state index < -0.39 is 0 Å². The van der Waals surface area contributed by atoms with Crippen molar-refractivity contribution in [3.05, 3.63) is 71.3 Å². The van der Waals surface area contributed by atoms with E-state index in [1.54, 1.807) is 0 Å². The number of hydrogen-bond donors (Lipinski definition) is 2. The molecule has 0 aromatic heterocycles. The van der Waals surface area contributed by atoms with Crippen molar-refractivity contribution < 1.29 is 4.79 Å². The van der Waals surface area contributed by atoms with Gasteiger partial charge in [-0.25, -0.2) is 0 Å². The van der Waals surface area contributed by atoms with Gasteiger partial charge in [-0.2, -0.15) is 0 Å². The van der Waals surface area contributed by atoms with E-state index in [1.165, 1.54) is 11.1 Å². The van der Waals surface area contributed by atoms with Crippen molar-refractivity contribution in [1.82, 2.24) is 5.32 Å². The van der Waals surface area contributed by atoms with Crippen molar-refractivity contribution in [2.75, 3.05) is 0 Å². The fourth-order valence-electron chi connectivity index (χ4n) is 2.79. The van der Waals surface area contributed by atoms with Crippen LogP contribution in [0.1, 0.15) is 49.0 Å². The highest BCUT2D eigenvalue weighted by Gasteiger charge is 2.21. The van der Waals surface area contributed by atoms with Crippen LogP contribution in [-0.2, 0) is 4.79 Å². The molecule has 3 nitrogen and oxygen atoms in total. The average Bonchev–Trinajstić information content (AvgIpc) is 2.54. The lowest BCUT2D eigenvalue weighted by molar-refractivity contribution is -0.122. The van der Waals surface area contributed by atoms with Gasteiger partial charge in [0.2, 0.25) is 5.91 Å². The Hall–Kier alpha value is -2.13. The minimum absolute atomic E-state index is 0.00618. The molecule has 2 rings (SSSR count). The molecule has 0 spiro atoms. The van der Waals surface area contributed by atoms with Crippen molar-refractivity contribution in [2.24, 2.45) is 11.7 Å². The molecule has 2 unspecified atom stereocenters. The van der Waals surface area contributed by atoms with Crippen molar-refractivity contribution in [1.29, 1.82) is 0 Å². The molecular weight excluding hydrogens is 284 g/mol. The molecular formula is C20H26N2O. The number of hydrogen-bond acceptors (Lipinski definition) is 2. The summed E-state index contributed by atoms with van der Waals surface area (Å²) in [5.41, 5.74) is 9.51. The maximum atomic E-state index is 12.4. The van der Waals surface area contributed by atoms with Gasteiger partial charge in [-0.1, -0.05) is 68.4 Å². The van der Waals surface area contributed by atoms with Crippen LogP contribution in [0.15, 0.2) is 54.6 Å². The number of rotatable bonds is 6. The standard InChI is InChI=1S/C20H26N2O/c1-14(2)20(17-12-8-7-9-15(17)3)22-19(23)13-18(21)16-10-5-4-6-11-16/h4-12,14,18,20H,13,21H2,1-3H3,(H,22,23). The van der Waals surface area contributed by atoms with E-state index >= 15 is 0 Å². The second-order valence-corrected chi connectivity index (χ2v) is 6.37. The molecule has 0 aliphatic heterocycles. The third kappa shape index (κ3) is 4.67. The highest BCUT2D eigenvalue weighted by molar-refractivity contribution is 5.77. The van der Waals surface area contributed by atoms with Crippen molar-refractivity contribution >= 4 is 5.91 Å². The van der Waals surface area contributed by atoms with E-state index in [2.05, 4.69) is 38.2 Å². The monoisotopic (exact) mass is 310 g/mol. The molecule has 0 bridgehead atoms. The molecule has 0 fully saturated rings. The molecule has 1 amide bonds. The van der Waals surface area contributed by atoms with Gasteiger partial charge >= 0.3 is 0 Å². The molecule has 2 aromatic rings. The number of nitrogens with one attached hydrogen (secondary N) is 1. The predicted molar refractivity (Wildman–Crippen MR) is 94.9 cm³/mol. The van der Waals surface area contributed by atoms with Crippen LogP contribution in [-0.4, -0.2) is 5.91 Å². The molecule has 122 valence electrons. The average molecular weight is 310 g/mol. The van der Waals surface area contributed by atoms with Gasteiger partial charge in [0.25, 0.3) is 0 Å². The van der Waals surface area contributed by atoms with E-state index in [0.717, 1.165) is 5.56 Å². The van der Waals surface area contributed by atoms with Crippen LogP contribution in [0, 0.1) is 12.8 Å². The topological polar surface area (TPSA) is 55.1 Å². The summed E-state index contributed by atoms with van der Waals surface area (Å²) in [7, 11) is 0. The van der Waals surface area contributed by atoms with Crippen LogP contribution >= 0.6 is 0 Å². The maximum Gasteiger partial charge on any atom is 0.222 e. The summed E-state index contributed by atoms with van der Waals surface area (Å²) in [4.78, 5) is 12.4. The first-order valence-electron chi connectivity index (χ1n) is 8.14. The lowest BCUT2D eigenvalue weighted by Gasteiger charge is -2.25. The zero-order chi connectivity index (χ0) is 16.8. The number of nitrogens with two attached hydrogens (primary N) is 1. The van der Waals surface area contributed by atoms with Gasteiger partial charge in [-0.15, -0.1) is 0 Å². The molecule has 23 heavy (non-hydrogen) atoms. The second-order valence-electron chi connectivity index (χ2n) is 6.37. The Bertz CT molecular complexity index is 637. The number of aryl methyl sites for hydroxylation is 1. The highest BCUT2D eigenvalue weighted by Crippen LogP contribution is 2.25. The van der Waals surface area contributed by atoms with Crippen LogP contribution in [0.5, 0.6) is 0 Å². The lowest BCUT2D eigenvalue weighted by atomic mass is 9.92. The Morgan fingerprint density at radius 1 is 1.04 bits per heavy atom. The van der Waals surface area contributed by atoms with Gasteiger partial charge in [-0.3, -0.25) is 4.79 Å².